The molecule has 0 atom stereocenters. The summed E-state index contributed by atoms with van der Waals surface area (Å²) in [5, 5.41) is 11.1. The van der Waals surface area contributed by atoms with Crippen molar-refractivity contribution in [2.24, 2.45) is 0 Å². The Bertz CT molecular complexity index is 1550. The van der Waals surface area contributed by atoms with Gasteiger partial charge in [-0.1, -0.05) is 24.3 Å². The molecule has 0 aliphatic carbocycles. The average molecular weight is 549 g/mol. The second kappa shape index (κ2) is 11.0. The number of nitriles is 1. The van der Waals surface area contributed by atoms with E-state index in [2.05, 4.69) is 4.98 Å². The normalized spacial score (nSPS) is 12.7. The minimum Gasteiger partial charge on any atom is -0.497 e. The van der Waals surface area contributed by atoms with E-state index in [0.29, 0.717) is 41.2 Å². The summed E-state index contributed by atoms with van der Waals surface area (Å²) in [7, 11) is -2.40. The van der Waals surface area contributed by atoms with Crippen LogP contribution in [0, 0.1) is 11.3 Å². The molecule has 5 rings (SSSR count). The Morgan fingerprint density at radius 2 is 1.95 bits per heavy atom. The Hall–Kier alpha value is -4.27. The third kappa shape index (κ3) is 5.09. The first-order valence-electron chi connectivity index (χ1n) is 11.7. The molecular formula is C27H24N4O5S2. The van der Waals surface area contributed by atoms with E-state index in [4.69, 9.17) is 19.5 Å². The van der Waals surface area contributed by atoms with Gasteiger partial charge in [0.2, 0.25) is 0 Å². The van der Waals surface area contributed by atoms with Crippen molar-refractivity contribution >= 4 is 37.9 Å². The van der Waals surface area contributed by atoms with Crippen molar-refractivity contribution in [2.75, 3.05) is 36.1 Å². The Morgan fingerprint density at radius 3 is 2.68 bits per heavy atom. The highest BCUT2D eigenvalue weighted by molar-refractivity contribution is 7.93. The van der Waals surface area contributed by atoms with Crippen molar-refractivity contribution in [3.8, 4) is 23.3 Å². The van der Waals surface area contributed by atoms with Crippen LogP contribution in [0.4, 0.5) is 16.5 Å². The van der Waals surface area contributed by atoms with E-state index in [1.807, 2.05) is 41.3 Å². The summed E-state index contributed by atoms with van der Waals surface area (Å²) in [5.41, 5.74) is 2.27. The molecule has 0 amide bonds. The van der Waals surface area contributed by atoms with Crippen LogP contribution in [0.5, 0.6) is 17.2 Å². The number of thiazole rings is 1. The van der Waals surface area contributed by atoms with E-state index in [1.54, 1.807) is 55.1 Å². The number of fused-ring (bicyclic) bond motifs is 1. The summed E-state index contributed by atoms with van der Waals surface area (Å²) in [4.78, 5) is 6.37. The SMILES string of the molecule is COc1ccc(CN(c2nccs2)S(=O)(=O)c2ccc3c(c2)OCCN3c2ccccc2OCC#N)cc1. The zero-order chi connectivity index (χ0) is 26.5. The molecule has 1 aromatic heterocycles. The van der Waals surface area contributed by atoms with Crippen LogP contribution in [0.1, 0.15) is 5.56 Å². The van der Waals surface area contributed by atoms with Crippen LogP contribution >= 0.6 is 11.3 Å². The van der Waals surface area contributed by atoms with Gasteiger partial charge in [0.05, 0.1) is 36.5 Å². The van der Waals surface area contributed by atoms with Crippen LogP contribution in [0.3, 0.4) is 0 Å². The minimum atomic E-state index is -3.98. The topological polar surface area (TPSA) is 105 Å². The Labute approximate surface area is 225 Å². The first-order valence-corrected chi connectivity index (χ1v) is 14.0. The zero-order valence-electron chi connectivity index (χ0n) is 20.5. The van der Waals surface area contributed by atoms with E-state index in [9.17, 15) is 8.42 Å². The van der Waals surface area contributed by atoms with Gasteiger partial charge in [-0.15, -0.1) is 11.3 Å². The molecule has 194 valence electrons. The van der Waals surface area contributed by atoms with Crippen LogP contribution in [0.25, 0.3) is 0 Å². The van der Waals surface area contributed by atoms with Crippen molar-refractivity contribution < 1.29 is 22.6 Å². The molecule has 0 saturated heterocycles. The number of hydrogen-bond donors (Lipinski definition) is 0. The molecule has 3 aromatic carbocycles. The number of para-hydroxylation sites is 2. The molecule has 38 heavy (non-hydrogen) atoms. The van der Waals surface area contributed by atoms with Gasteiger partial charge in [-0.3, -0.25) is 0 Å². The van der Waals surface area contributed by atoms with Gasteiger partial charge in [0.1, 0.15) is 29.9 Å². The lowest BCUT2D eigenvalue weighted by molar-refractivity contribution is 0.311. The summed E-state index contributed by atoms with van der Waals surface area (Å²) in [6.45, 7) is 0.916. The third-order valence-electron chi connectivity index (χ3n) is 5.95. The maximum absolute atomic E-state index is 13.9. The number of sulfonamides is 1. The van der Waals surface area contributed by atoms with Gasteiger partial charge < -0.3 is 19.1 Å². The van der Waals surface area contributed by atoms with Crippen molar-refractivity contribution in [1.82, 2.24) is 4.98 Å². The van der Waals surface area contributed by atoms with Crippen LogP contribution in [-0.2, 0) is 16.6 Å². The molecule has 4 aromatic rings. The van der Waals surface area contributed by atoms with E-state index >= 15 is 0 Å². The minimum absolute atomic E-state index is 0.0772. The summed E-state index contributed by atoms with van der Waals surface area (Å²) in [6.07, 6.45) is 1.58. The number of ether oxygens (including phenoxy) is 3. The van der Waals surface area contributed by atoms with E-state index < -0.39 is 10.0 Å². The molecular weight excluding hydrogens is 524 g/mol. The van der Waals surface area contributed by atoms with Crippen molar-refractivity contribution in [3.63, 3.8) is 0 Å². The van der Waals surface area contributed by atoms with Gasteiger partial charge >= 0.3 is 0 Å². The van der Waals surface area contributed by atoms with Crippen LogP contribution in [-0.4, -0.2) is 40.3 Å². The molecule has 0 unspecified atom stereocenters. The number of methoxy groups -OCH3 is 1. The van der Waals surface area contributed by atoms with Gasteiger partial charge in [0.15, 0.2) is 11.7 Å². The van der Waals surface area contributed by atoms with Gasteiger partial charge in [-0.05, 0) is 42.0 Å². The van der Waals surface area contributed by atoms with Crippen LogP contribution < -0.4 is 23.4 Å². The third-order valence-corrected chi connectivity index (χ3v) is 8.59. The Morgan fingerprint density at radius 1 is 1.13 bits per heavy atom. The monoisotopic (exact) mass is 548 g/mol. The molecule has 0 radical (unpaired) electrons. The molecule has 9 nitrogen and oxygen atoms in total. The van der Waals surface area contributed by atoms with E-state index in [1.165, 1.54) is 15.6 Å². The van der Waals surface area contributed by atoms with Crippen LogP contribution in [0.2, 0.25) is 0 Å². The lowest BCUT2D eigenvalue weighted by Crippen LogP contribution is -2.31. The highest BCUT2D eigenvalue weighted by atomic mass is 32.2. The fourth-order valence-electron chi connectivity index (χ4n) is 4.14. The number of hydrogen-bond acceptors (Lipinski definition) is 9. The standard InChI is InChI=1S/C27H24N4O5S2/c1-34-21-8-6-20(7-9-21)19-31(27-29-13-17-37-27)38(32,33)22-10-11-24-26(18-22)36-16-14-30(24)23-4-2-3-5-25(23)35-15-12-28/h2-11,13,17-18H,14-16,19H2,1H3. The van der Waals surface area contributed by atoms with Gasteiger partial charge in [0.25, 0.3) is 10.0 Å². The quantitative estimate of drug-likeness (QED) is 0.288. The molecule has 0 fully saturated rings. The Kier molecular flexibility index (Phi) is 7.35. The zero-order valence-corrected chi connectivity index (χ0v) is 22.1. The van der Waals surface area contributed by atoms with Crippen LogP contribution in [0.15, 0.2) is 83.2 Å². The lowest BCUT2D eigenvalue weighted by Gasteiger charge is -2.32. The molecule has 0 spiro atoms. The van der Waals surface area contributed by atoms with Crippen molar-refractivity contribution in [3.05, 3.63) is 83.9 Å². The average Bonchev–Trinajstić information content (AvgIpc) is 3.49. The first-order chi connectivity index (χ1) is 18.5. The first kappa shape index (κ1) is 25.4. The predicted octanol–water partition coefficient (Wildman–Crippen LogP) is 4.98. The number of nitrogens with zero attached hydrogens (tertiary/aromatic N) is 4. The number of aromatic nitrogens is 1. The molecule has 1 aliphatic rings. The number of anilines is 3. The molecule has 2 heterocycles. The molecule has 0 saturated carbocycles. The highest BCUT2D eigenvalue weighted by Crippen LogP contribution is 2.42. The smallest absolute Gasteiger partial charge is 0.266 e. The van der Waals surface area contributed by atoms with E-state index in [0.717, 1.165) is 11.3 Å². The predicted molar refractivity (Wildman–Crippen MR) is 145 cm³/mol. The molecule has 0 bridgehead atoms. The fourth-order valence-corrected chi connectivity index (χ4v) is 6.43. The fraction of sp³-hybridized carbons (Fsp3) is 0.185. The summed E-state index contributed by atoms with van der Waals surface area (Å²) in [5.74, 6) is 1.69. The molecule has 1 aliphatic heterocycles. The highest BCUT2D eigenvalue weighted by Gasteiger charge is 2.30. The van der Waals surface area contributed by atoms with Gasteiger partial charge in [-0.2, -0.15) is 5.26 Å². The summed E-state index contributed by atoms with van der Waals surface area (Å²) >= 11 is 1.25. The van der Waals surface area contributed by atoms with Crippen molar-refractivity contribution in [1.29, 1.82) is 5.26 Å². The van der Waals surface area contributed by atoms with Crippen molar-refractivity contribution in [2.45, 2.75) is 11.4 Å². The second-order valence-corrected chi connectivity index (χ2v) is 11.0. The maximum Gasteiger partial charge on any atom is 0.266 e. The molecule has 11 heteroatoms. The molecule has 0 N–H and O–H groups in total. The number of rotatable bonds is 9. The van der Waals surface area contributed by atoms with Gasteiger partial charge in [0, 0.05) is 17.6 Å². The largest absolute Gasteiger partial charge is 0.497 e. The summed E-state index contributed by atoms with van der Waals surface area (Å²) < 4.78 is 45.9. The summed E-state index contributed by atoms with van der Waals surface area (Å²) in [6, 6.07) is 21.5. The maximum atomic E-state index is 13.9. The lowest BCUT2D eigenvalue weighted by atomic mass is 10.2. The second-order valence-electron chi connectivity index (χ2n) is 8.22. The Balaban J connectivity index is 1.49. The van der Waals surface area contributed by atoms with E-state index in [-0.39, 0.29) is 18.0 Å². The van der Waals surface area contributed by atoms with Gasteiger partial charge in [-0.25, -0.2) is 17.7 Å². The number of benzene rings is 3.